The van der Waals surface area contributed by atoms with Gasteiger partial charge < -0.3 is 10.2 Å². The molecule has 1 N–H and O–H groups in total. The number of nitrogens with one attached hydrogen (secondary N) is 1. The summed E-state index contributed by atoms with van der Waals surface area (Å²) in [6.45, 7) is 7.45. The van der Waals surface area contributed by atoms with Crippen molar-refractivity contribution in [1.29, 1.82) is 0 Å². The molecule has 1 aromatic heterocycles. The largest absolute Gasteiger partial charge is 0.340 e. The molecular formula is C19H26N4. The second kappa shape index (κ2) is 6.99. The van der Waals surface area contributed by atoms with Crippen LogP contribution in [-0.4, -0.2) is 22.6 Å². The van der Waals surface area contributed by atoms with Gasteiger partial charge in [-0.15, -0.1) is 0 Å². The summed E-state index contributed by atoms with van der Waals surface area (Å²) in [6, 6.07) is 11.0. The molecule has 0 spiro atoms. The van der Waals surface area contributed by atoms with Gasteiger partial charge in [-0.1, -0.05) is 24.6 Å². The molecule has 2 heterocycles. The Morgan fingerprint density at radius 2 is 1.91 bits per heavy atom. The van der Waals surface area contributed by atoms with Crippen molar-refractivity contribution in [3.05, 3.63) is 41.6 Å². The van der Waals surface area contributed by atoms with E-state index in [-0.39, 0.29) is 0 Å². The van der Waals surface area contributed by atoms with E-state index >= 15 is 0 Å². The van der Waals surface area contributed by atoms with Crippen molar-refractivity contribution in [1.82, 2.24) is 9.97 Å². The summed E-state index contributed by atoms with van der Waals surface area (Å²) >= 11 is 0. The van der Waals surface area contributed by atoms with E-state index in [2.05, 4.69) is 53.3 Å². The molecule has 2 aromatic rings. The molecule has 4 heteroatoms. The number of hydrogen-bond acceptors (Lipinski definition) is 4. The molecule has 1 aliphatic heterocycles. The minimum absolute atomic E-state index is 0.567. The van der Waals surface area contributed by atoms with Crippen molar-refractivity contribution in [2.45, 2.75) is 52.5 Å². The first-order chi connectivity index (χ1) is 11.2. The predicted octanol–water partition coefficient (Wildman–Crippen LogP) is 4.61. The van der Waals surface area contributed by atoms with Crippen LogP contribution < -0.4 is 10.2 Å². The molecule has 1 aliphatic rings. The van der Waals surface area contributed by atoms with E-state index in [4.69, 9.17) is 4.98 Å². The highest BCUT2D eigenvalue weighted by atomic mass is 15.3. The lowest BCUT2D eigenvalue weighted by Gasteiger charge is -2.35. The number of nitrogens with zero attached hydrogens (tertiary/aromatic N) is 3. The molecule has 1 unspecified atom stereocenters. The molecule has 0 saturated carbocycles. The van der Waals surface area contributed by atoms with E-state index in [1.807, 2.05) is 13.0 Å². The second-order valence-electron chi connectivity index (χ2n) is 6.44. The summed E-state index contributed by atoms with van der Waals surface area (Å²) in [5.74, 6) is 1.74. The van der Waals surface area contributed by atoms with Crippen molar-refractivity contribution >= 4 is 17.5 Å². The first kappa shape index (κ1) is 15.8. The average molecular weight is 310 g/mol. The van der Waals surface area contributed by atoms with Crippen LogP contribution in [0, 0.1) is 13.8 Å². The molecule has 3 rings (SSSR count). The zero-order valence-electron chi connectivity index (χ0n) is 14.3. The van der Waals surface area contributed by atoms with Crippen LogP contribution in [0.1, 0.15) is 43.9 Å². The van der Waals surface area contributed by atoms with E-state index in [0.717, 1.165) is 36.1 Å². The summed E-state index contributed by atoms with van der Waals surface area (Å²) in [7, 11) is 0. The minimum atomic E-state index is 0.567. The number of rotatable bonds is 4. The van der Waals surface area contributed by atoms with Gasteiger partial charge in [-0.25, -0.2) is 4.98 Å². The molecule has 1 saturated heterocycles. The smallest absolute Gasteiger partial charge is 0.227 e. The molecule has 4 nitrogen and oxygen atoms in total. The summed E-state index contributed by atoms with van der Waals surface area (Å²) in [4.78, 5) is 11.8. The van der Waals surface area contributed by atoms with E-state index in [1.165, 1.54) is 24.8 Å². The van der Waals surface area contributed by atoms with Crippen molar-refractivity contribution in [2.24, 2.45) is 0 Å². The van der Waals surface area contributed by atoms with Crippen molar-refractivity contribution in [3.63, 3.8) is 0 Å². The third kappa shape index (κ3) is 3.81. The number of anilines is 3. The number of aromatic nitrogens is 2. The molecule has 0 aliphatic carbocycles. The van der Waals surface area contributed by atoms with Crippen LogP contribution in [0.25, 0.3) is 0 Å². The summed E-state index contributed by atoms with van der Waals surface area (Å²) in [5.41, 5.74) is 3.32. The molecule has 1 atom stereocenters. The van der Waals surface area contributed by atoms with Gasteiger partial charge in [0.25, 0.3) is 0 Å². The molecule has 0 amide bonds. The number of piperidine rings is 1. The highest BCUT2D eigenvalue weighted by Gasteiger charge is 2.23. The Balaban J connectivity index is 1.85. The van der Waals surface area contributed by atoms with Crippen LogP contribution in [0.15, 0.2) is 30.3 Å². The third-order valence-electron chi connectivity index (χ3n) is 4.52. The number of benzene rings is 1. The van der Waals surface area contributed by atoms with Crippen LogP contribution >= 0.6 is 0 Å². The first-order valence-corrected chi connectivity index (χ1v) is 8.61. The number of aryl methyl sites for hydroxylation is 2. The topological polar surface area (TPSA) is 41.1 Å². The Morgan fingerprint density at radius 1 is 1.13 bits per heavy atom. The second-order valence-corrected chi connectivity index (χ2v) is 6.44. The predicted molar refractivity (Wildman–Crippen MR) is 96.5 cm³/mol. The number of hydrogen-bond donors (Lipinski definition) is 1. The zero-order chi connectivity index (χ0) is 16.2. The Kier molecular flexibility index (Phi) is 4.79. The summed E-state index contributed by atoms with van der Waals surface area (Å²) < 4.78 is 0. The Bertz CT molecular complexity index is 651. The molecule has 0 radical (unpaired) electrons. The molecule has 1 aromatic carbocycles. The van der Waals surface area contributed by atoms with E-state index in [9.17, 15) is 0 Å². The lowest BCUT2D eigenvalue weighted by Crippen LogP contribution is -2.40. The maximum atomic E-state index is 4.78. The van der Waals surface area contributed by atoms with Gasteiger partial charge in [-0.3, -0.25) is 0 Å². The van der Waals surface area contributed by atoms with E-state index in [0.29, 0.717) is 6.04 Å². The molecule has 0 bridgehead atoms. The summed E-state index contributed by atoms with van der Waals surface area (Å²) in [5, 5.41) is 3.41. The summed E-state index contributed by atoms with van der Waals surface area (Å²) in [6.07, 6.45) is 4.94. The Morgan fingerprint density at radius 3 is 2.65 bits per heavy atom. The quantitative estimate of drug-likeness (QED) is 0.895. The standard InChI is InChI=1S/C19H26N4/c1-4-17-7-5-6-12-23(17)19-20-15(3)13-18(22-19)21-16-10-8-14(2)9-11-16/h8-11,13,17H,4-7,12H2,1-3H3,(H,20,21,22). The van der Waals surface area contributed by atoms with Gasteiger partial charge in [-0.05, 0) is 51.7 Å². The van der Waals surface area contributed by atoms with Crippen LogP contribution in [-0.2, 0) is 0 Å². The van der Waals surface area contributed by atoms with Crippen molar-refractivity contribution in [2.75, 3.05) is 16.8 Å². The molecule has 122 valence electrons. The average Bonchev–Trinajstić information content (AvgIpc) is 2.56. The van der Waals surface area contributed by atoms with Gasteiger partial charge in [0.05, 0.1) is 0 Å². The van der Waals surface area contributed by atoms with Crippen LogP contribution in [0.2, 0.25) is 0 Å². The minimum Gasteiger partial charge on any atom is -0.340 e. The van der Waals surface area contributed by atoms with Crippen LogP contribution in [0.3, 0.4) is 0 Å². The van der Waals surface area contributed by atoms with Gasteiger partial charge in [-0.2, -0.15) is 4.98 Å². The normalized spacial score (nSPS) is 18.0. The van der Waals surface area contributed by atoms with Gasteiger partial charge in [0.1, 0.15) is 5.82 Å². The third-order valence-corrected chi connectivity index (χ3v) is 4.52. The highest BCUT2D eigenvalue weighted by molar-refractivity contribution is 5.58. The van der Waals surface area contributed by atoms with Crippen LogP contribution in [0.4, 0.5) is 17.5 Å². The van der Waals surface area contributed by atoms with E-state index < -0.39 is 0 Å². The zero-order valence-corrected chi connectivity index (χ0v) is 14.3. The van der Waals surface area contributed by atoms with Gasteiger partial charge in [0, 0.05) is 30.0 Å². The maximum absolute atomic E-state index is 4.78. The Labute approximate surface area is 139 Å². The van der Waals surface area contributed by atoms with Gasteiger partial charge in [0.15, 0.2) is 0 Å². The van der Waals surface area contributed by atoms with Crippen molar-refractivity contribution < 1.29 is 0 Å². The van der Waals surface area contributed by atoms with Crippen molar-refractivity contribution in [3.8, 4) is 0 Å². The molecule has 1 fully saturated rings. The lowest BCUT2D eigenvalue weighted by molar-refractivity contribution is 0.443. The molecular weight excluding hydrogens is 284 g/mol. The molecule has 23 heavy (non-hydrogen) atoms. The fourth-order valence-electron chi connectivity index (χ4n) is 3.22. The monoisotopic (exact) mass is 310 g/mol. The Hall–Kier alpha value is -2.10. The van der Waals surface area contributed by atoms with E-state index in [1.54, 1.807) is 0 Å². The SMILES string of the molecule is CCC1CCCCN1c1nc(C)cc(Nc2ccc(C)cc2)n1. The highest BCUT2D eigenvalue weighted by Crippen LogP contribution is 2.26. The lowest BCUT2D eigenvalue weighted by atomic mass is 10.0. The van der Waals surface area contributed by atoms with Gasteiger partial charge >= 0.3 is 0 Å². The van der Waals surface area contributed by atoms with Gasteiger partial charge in [0.2, 0.25) is 5.95 Å². The maximum Gasteiger partial charge on any atom is 0.227 e. The fourth-order valence-corrected chi connectivity index (χ4v) is 3.22. The van der Waals surface area contributed by atoms with Crippen LogP contribution in [0.5, 0.6) is 0 Å². The fraction of sp³-hybridized carbons (Fsp3) is 0.474. The first-order valence-electron chi connectivity index (χ1n) is 8.61.